The van der Waals surface area contributed by atoms with Crippen LogP contribution in [0.25, 0.3) is 0 Å². The van der Waals surface area contributed by atoms with Gasteiger partial charge in [0.2, 0.25) is 0 Å². The maximum atomic E-state index is 11.7. The maximum absolute atomic E-state index is 11.7. The molecule has 126 valence electrons. The molecule has 0 spiro atoms. The minimum Gasteiger partial charge on any atom is -0.265 e. The number of aryl methyl sites for hydroxylation is 2. The van der Waals surface area contributed by atoms with Gasteiger partial charge in [0.15, 0.2) is 0 Å². The van der Waals surface area contributed by atoms with Crippen molar-refractivity contribution < 1.29 is 4.92 Å². The van der Waals surface area contributed by atoms with Crippen molar-refractivity contribution in [2.24, 2.45) is 0 Å². The number of benzene rings is 2. The molecule has 4 heteroatoms. The molecule has 0 saturated carbocycles. The SMILES string of the molecule is C#CCN1[C@H](c2ccc(C)cc2)C=C([N+](=O)[O-])[C@H]1c1ccc(C)cc1. The van der Waals surface area contributed by atoms with Crippen LogP contribution in [0.15, 0.2) is 60.3 Å². The molecule has 0 fully saturated rings. The van der Waals surface area contributed by atoms with E-state index in [1.54, 1.807) is 6.08 Å². The Kier molecular flexibility index (Phi) is 4.69. The molecule has 25 heavy (non-hydrogen) atoms. The highest BCUT2D eigenvalue weighted by Gasteiger charge is 2.42. The molecule has 0 amide bonds. The molecular formula is C21H20N2O2. The Hall–Kier alpha value is -2.90. The number of hydrogen-bond acceptors (Lipinski definition) is 3. The van der Waals surface area contributed by atoms with Crippen molar-refractivity contribution in [3.8, 4) is 12.3 Å². The minimum absolute atomic E-state index is 0.185. The normalized spacial score (nSPS) is 20.1. The lowest BCUT2D eigenvalue weighted by atomic mass is 10.0. The minimum atomic E-state index is -0.446. The second kappa shape index (κ2) is 6.92. The number of nitro groups is 1. The molecule has 0 radical (unpaired) electrons. The standard InChI is InChI=1S/C21H20N2O2/c1-4-13-22-19(17-9-5-15(2)6-10-17)14-20(23(24)25)21(22)18-11-7-16(3)8-12-18/h1,5-12,14,19,21H,13H2,2-3H3/t19-,21+/m0/s1. The van der Waals surface area contributed by atoms with E-state index in [-0.39, 0.29) is 16.7 Å². The Bertz CT molecular complexity index is 845. The van der Waals surface area contributed by atoms with Gasteiger partial charge in [0, 0.05) is 6.08 Å². The van der Waals surface area contributed by atoms with E-state index in [9.17, 15) is 10.1 Å². The average Bonchev–Trinajstić information content (AvgIpc) is 2.96. The van der Waals surface area contributed by atoms with Crippen LogP contribution < -0.4 is 0 Å². The van der Waals surface area contributed by atoms with Crippen LogP contribution >= 0.6 is 0 Å². The van der Waals surface area contributed by atoms with E-state index >= 15 is 0 Å². The summed E-state index contributed by atoms with van der Waals surface area (Å²) < 4.78 is 0. The van der Waals surface area contributed by atoms with Gasteiger partial charge < -0.3 is 0 Å². The van der Waals surface area contributed by atoms with Gasteiger partial charge in [-0.05, 0) is 25.0 Å². The average molecular weight is 332 g/mol. The van der Waals surface area contributed by atoms with Crippen LogP contribution in [-0.4, -0.2) is 16.4 Å². The third kappa shape index (κ3) is 3.33. The van der Waals surface area contributed by atoms with Gasteiger partial charge in [0.05, 0.1) is 17.5 Å². The van der Waals surface area contributed by atoms with E-state index in [0.29, 0.717) is 6.54 Å². The summed E-state index contributed by atoms with van der Waals surface area (Å²) in [5.41, 5.74) is 4.35. The van der Waals surface area contributed by atoms with Gasteiger partial charge in [0.1, 0.15) is 6.04 Å². The third-order valence-electron chi connectivity index (χ3n) is 4.59. The molecule has 0 saturated heterocycles. The molecule has 0 aromatic heterocycles. The fourth-order valence-corrected chi connectivity index (χ4v) is 3.30. The number of terminal acetylenes is 1. The van der Waals surface area contributed by atoms with Crippen LogP contribution in [0.4, 0.5) is 0 Å². The van der Waals surface area contributed by atoms with Gasteiger partial charge in [-0.1, -0.05) is 65.6 Å². The van der Waals surface area contributed by atoms with E-state index in [0.717, 1.165) is 22.3 Å². The zero-order valence-electron chi connectivity index (χ0n) is 14.3. The Morgan fingerprint density at radius 3 is 2.04 bits per heavy atom. The van der Waals surface area contributed by atoms with Crippen molar-refractivity contribution >= 4 is 0 Å². The first-order valence-electron chi connectivity index (χ1n) is 8.19. The van der Waals surface area contributed by atoms with E-state index in [1.807, 2.05) is 67.3 Å². The molecule has 2 aromatic rings. The molecule has 2 aromatic carbocycles. The van der Waals surface area contributed by atoms with Crippen molar-refractivity contribution in [2.75, 3.05) is 6.54 Å². The Morgan fingerprint density at radius 2 is 1.56 bits per heavy atom. The Morgan fingerprint density at radius 1 is 1.04 bits per heavy atom. The van der Waals surface area contributed by atoms with E-state index < -0.39 is 6.04 Å². The molecule has 1 aliphatic rings. The third-order valence-corrected chi connectivity index (χ3v) is 4.59. The predicted molar refractivity (Wildman–Crippen MR) is 98.5 cm³/mol. The lowest BCUT2D eigenvalue weighted by Gasteiger charge is -2.28. The van der Waals surface area contributed by atoms with Crippen LogP contribution in [0.2, 0.25) is 0 Å². The summed E-state index contributed by atoms with van der Waals surface area (Å²) in [4.78, 5) is 13.4. The first kappa shape index (κ1) is 16.9. The Labute approximate surface area is 147 Å². The van der Waals surface area contributed by atoms with Gasteiger partial charge >= 0.3 is 0 Å². The van der Waals surface area contributed by atoms with Crippen molar-refractivity contribution in [3.63, 3.8) is 0 Å². The summed E-state index contributed by atoms with van der Waals surface area (Å²) in [7, 11) is 0. The lowest BCUT2D eigenvalue weighted by molar-refractivity contribution is -0.431. The van der Waals surface area contributed by atoms with Crippen LogP contribution in [0.1, 0.15) is 34.3 Å². The first-order valence-corrected chi connectivity index (χ1v) is 8.19. The molecule has 4 nitrogen and oxygen atoms in total. The lowest BCUT2D eigenvalue weighted by Crippen LogP contribution is -2.29. The molecule has 0 bridgehead atoms. The predicted octanol–water partition coefficient (Wildman–Crippen LogP) is 4.20. The smallest absolute Gasteiger partial charge is 0.265 e. The van der Waals surface area contributed by atoms with Gasteiger partial charge in [-0.25, -0.2) is 0 Å². The molecule has 2 atom stereocenters. The molecule has 1 heterocycles. The fraction of sp³-hybridized carbons (Fsp3) is 0.238. The highest BCUT2D eigenvalue weighted by molar-refractivity contribution is 5.37. The molecule has 0 unspecified atom stereocenters. The quantitative estimate of drug-likeness (QED) is 0.479. The highest BCUT2D eigenvalue weighted by Crippen LogP contribution is 2.43. The molecular weight excluding hydrogens is 312 g/mol. The van der Waals surface area contributed by atoms with E-state index in [2.05, 4.69) is 5.92 Å². The van der Waals surface area contributed by atoms with Crippen molar-refractivity contribution in [3.05, 3.63) is 92.7 Å². The monoisotopic (exact) mass is 332 g/mol. The second-order valence-electron chi connectivity index (χ2n) is 6.39. The summed E-state index contributed by atoms with van der Waals surface area (Å²) in [5.74, 6) is 2.66. The summed E-state index contributed by atoms with van der Waals surface area (Å²) in [6.07, 6.45) is 7.30. The van der Waals surface area contributed by atoms with Gasteiger partial charge in [0.25, 0.3) is 5.70 Å². The molecule has 1 aliphatic heterocycles. The maximum Gasteiger partial charge on any atom is 0.265 e. The topological polar surface area (TPSA) is 46.4 Å². The fourth-order valence-electron chi connectivity index (χ4n) is 3.30. The van der Waals surface area contributed by atoms with Gasteiger partial charge in [-0.2, -0.15) is 0 Å². The van der Waals surface area contributed by atoms with Crippen LogP contribution in [0.5, 0.6) is 0 Å². The molecule has 3 rings (SSSR count). The van der Waals surface area contributed by atoms with Crippen molar-refractivity contribution in [1.29, 1.82) is 0 Å². The van der Waals surface area contributed by atoms with Crippen molar-refractivity contribution in [2.45, 2.75) is 25.9 Å². The summed E-state index contributed by atoms with van der Waals surface area (Å²) in [5, 5.41) is 11.7. The van der Waals surface area contributed by atoms with Crippen LogP contribution in [-0.2, 0) is 0 Å². The Balaban J connectivity index is 2.07. The van der Waals surface area contributed by atoms with E-state index in [1.165, 1.54) is 0 Å². The number of nitrogens with zero attached hydrogens (tertiary/aromatic N) is 2. The summed E-state index contributed by atoms with van der Waals surface area (Å²) >= 11 is 0. The largest absolute Gasteiger partial charge is 0.265 e. The molecule has 0 aliphatic carbocycles. The highest BCUT2D eigenvalue weighted by atomic mass is 16.6. The molecule has 0 N–H and O–H groups in total. The second-order valence-corrected chi connectivity index (χ2v) is 6.39. The number of hydrogen-bond donors (Lipinski definition) is 0. The van der Waals surface area contributed by atoms with Gasteiger partial charge in [-0.3, -0.25) is 15.0 Å². The number of rotatable bonds is 4. The zero-order valence-corrected chi connectivity index (χ0v) is 14.3. The van der Waals surface area contributed by atoms with E-state index in [4.69, 9.17) is 6.42 Å². The van der Waals surface area contributed by atoms with Crippen LogP contribution in [0, 0.1) is 36.3 Å². The van der Waals surface area contributed by atoms with Gasteiger partial charge in [-0.15, -0.1) is 6.42 Å². The zero-order chi connectivity index (χ0) is 18.0. The summed E-state index contributed by atoms with van der Waals surface area (Å²) in [6, 6.07) is 15.2. The first-order chi connectivity index (χ1) is 12.0. The summed E-state index contributed by atoms with van der Waals surface area (Å²) in [6.45, 7) is 4.35. The van der Waals surface area contributed by atoms with Crippen molar-refractivity contribution in [1.82, 2.24) is 4.90 Å². The van der Waals surface area contributed by atoms with Crippen LogP contribution in [0.3, 0.4) is 0 Å².